The van der Waals surface area contributed by atoms with Crippen LogP contribution in [0.4, 0.5) is 0 Å². The van der Waals surface area contributed by atoms with Crippen molar-refractivity contribution in [2.24, 2.45) is 0 Å². The zero-order valence-electron chi connectivity index (χ0n) is 47.2. The second-order valence-electron chi connectivity index (χ2n) is 20.2. The Morgan fingerprint density at radius 1 is 0.181 bits per heavy atom. The van der Waals surface area contributed by atoms with E-state index in [4.69, 9.17) is 9.97 Å². The van der Waals surface area contributed by atoms with Gasteiger partial charge >= 0.3 is 0 Å². The summed E-state index contributed by atoms with van der Waals surface area (Å²) in [6.07, 6.45) is 14.8. The number of hydrogen-bond acceptors (Lipinski definition) is 2. The van der Waals surface area contributed by atoms with Crippen molar-refractivity contribution in [3.05, 3.63) is 89.5 Å². The first kappa shape index (κ1) is 51.2. The molecule has 0 aliphatic carbocycles. The van der Waals surface area contributed by atoms with Crippen molar-refractivity contribution < 1.29 is 0 Å². The normalized spacial score (nSPS) is 13.2. The zero-order valence-corrected chi connectivity index (χ0v) is 47.2. The van der Waals surface area contributed by atoms with Crippen molar-refractivity contribution in [1.82, 2.24) is 39.9 Å². The lowest BCUT2D eigenvalue weighted by molar-refractivity contribution is 1.06. The van der Waals surface area contributed by atoms with Crippen LogP contribution in [0.5, 0.6) is 0 Å². The lowest BCUT2D eigenvalue weighted by atomic mass is 9.95. The van der Waals surface area contributed by atoms with E-state index in [0.717, 1.165) is 126 Å². The van der Waals surface area contributed by atoms with Gasteiger partial charge in [0, 0.05) is 0 Å². The van der Waals surface area contributed by atoms with Gasteiger partial charge in [0.25, 0.3) is 0 Å². The molecular weight excluding hydrogens is 881 g/mol. The highest BCUT2D eigenvalue weighted by Gasteiger charge is 2.30. The molecule has 7 aromatic rings. The molecule has 9 rings (SSSR count). The number of aromatic nitrogens is 8. The fourth-order valence-electron chi connectivity index (χ4n) is 14.1. The summed E-state index contributed by atoms with van der Waals surface area (Å²) < 4.78 is 0. The van der Waals surface area contributed by atoms with Crippen LogP contribution >= 0.6 is 0 Å². The Balaban J connectivity index is 1.63. The number of aromatic amines is 6. The van der Waals surface area contributed by atoms with E-state index in [1.165, 1.54) is 155 Å². The van der Waals surface area contributed by atoms with Crippen molar-refractivity contribution >= 4 is 88.5 Å². The fraction of sp³-hybridized carbons (Fsp3) is 0.500. The van der Waals surface area contributed by atoms with E-state index in [0.29, 0.717) is 0 Å². The molecule has 8 heteroatoms. The molecule has 0 spiro atoms. The molecule has 0 saturated heterocycles. The number of nitrogens with zero attached hydrogens (tertiary/aromatic N) is 2. The topological polar surface area (TPSA) is 121 Å². The van der Waals surface area contributed by atoms with Gasteiger partial charge in [0.2, 0.25) is 0 Å². The summed E-state index contributed by atoms with van der Waals surface area (Å²) in [5, 5.41) is 0. The molecule has 7 aromatic heterocycles. The Morgan fingerprint density at radius 3 is 0.444 bits per heavy atom. The summed E-state index contributed by atoms with van der Waals surface area (Å²) in [6, 6.07) is 0. The SMILES string of the molecule is CCC1=C(CC)c2nc1c1[nH]c(c3nc(c4[nH]c(c(CC)c4CC)c4[nH]c(c(CC)c4CC)c4[nH]c(c(CC)c4CC)c4[nH]c(c(CC)c4CC)c4[nH]c2c(CC)c4CC)C(CC)=C3CC)c(CC)c1CC. The minimum Gasteiger partial charge on any atom is -0.352 e. The summed E-state index contributed by atoms with van der Waals surface area (Å²) in [7, 11) is 0. The molecule has 6 N–H and O–H groups in total. The monoisotopic (exact) mass is 967 g/mol. The van der Waals surface area contributed by atoms with Crippen molar-refractivity contribution in [3.8, 4) is 0 Å². The van der Waals surface area contributed by atoms with Crippen LogP contribution < -0.4 is 0 Å². The van der Waals surface area contributed by atoms with E-state index in [2.05, 4.69) is 141 Å². The molecule has 0 aromatic carbocycles. The maximum Gasteiger partial charge on any atom is 0.0911 e. The van der Waals surface area contributed by atoms with Gasteiger partial charge in [-0.15, -0.1) is 0 Å². The molecule has 0 atom stereocenters. The maximum absolute atomic E-state index is 5.87. The third-order valence-corrected chi connectivity index (χ3v) is 17.2. The van der Waals surface area contributed by atoms with Gasteiger partial charge in [-0.3, -0.25) is 0 Å². The third-order valence-electron chi connectivity index (χ3n) is 17.2. The molecule has 0 fully saturated rings. The fourth-order valence-corrected chi connectivity index (χ4v) is 14.1. The Morgan fingerprint density at radius 2 is 0.306 bits per heavy atom. The van der Waals surface area contributed by atoms with Crippen molar-refractivity contribution in [2.75, 3.05) is 0 Å². The number of aryl methyl sites for hydroxylation is 12. The average molecular weight is 967 g/mol. The predicted molar refractivity (Wildman–Crippen MR) is 313 cm³/mol. The van der Waals surface area contributed by atoms with Crippen molar-refractivity contribution in [2.45, 2.75) is 214 Å². The smallest absolute Gasteiger partial charge is 0.0911 e. The van der Waals surface area contributed by atoms with Crippen molar-refractivity contribution in [1.29, 1.82) is 0 Å². The molecule has 382 valence electrons. The summed E-state index contributed by atoms with van der Waals surface area (Å²) >= 11 is 0. The van der Waals surface area contributed by atoms with Gasteiger partial charge in [-0.2, -0.15) is 0 Å². The molecule has 16 bridgehead atoms. The summed E-state index contributed by atoms with van der Waals surface area (Å²) in [5.74, 6) is 0. The van der Waals surface area contributed by atoms with Gasteiger partial charge < -0.3 is 29.9 Å². The number of allylic oxidation sites excluding steroid dienone is 4. The molecule has 0 radical (unpaired) electrons. The maximum atomic E-state index is 5.87. The highest BCUT2D eigenvalue weighted by molar-refractivity contribution is 6.06. The predicted octanol–water partition coefficient (Wildman–Crippen LogP) is 17.6. The highest BCUT2D eigenvalue weighted by Crippen LogP contribution is 2.45. The number of rotatable bonds is 16. The van der Waals surface area contributed by atoms with Crippen LogP contribution in [-0.2, 0) is 77.0 Å². The first-order valence-electron chi connectivity index (χ1n) is 28.9. The third kappa shape index (κ3) is 7.41. The Labute approximate surface area is 429 Å². The standard InChI is InChI=1S/C64H86N8/c1-17-33-34(18-2)50-52-37(21-5)38(22-6)55(67-52)56-41(25-9)42(26-10)59(69-56)60-45(29-13)46(30-14)63(71-60)64-48(32-16)47(31-15)62(72-64)61-44(28-12)43(27-11)58(70-61)57-40(24-8)39(23-7)54(68-57)53-36(20-4)35(19-3)51(66-53)49(33)65-50/h65-69,72H,17-32H2,1-16H3. The Kier molecular flexibility index (Phi) is 14.7. The van der Waals surface area contributed by atoms with E-state index < -0.39 is 0 Å². The average Bonchev–Trinajstić information content (AvgIpc) is 4.28. The minimum atomic E-state index is 0.910. The van der Waals surface area contributed by atoms with Crippen molar-refractivity contribution in [3.63, 3.8) is 0 Å². The lowest BCUT2D eigenvalue weighted by Crippen LogP contribution is -1.91. The summed E-state index contributed by atoms with van der Waals surface area (Å²) in [6.45, 7) is 37.3. The molecule has 0 saturated carbocycles. The second-order valence-corrected chi connectivity index (χ2v) is 20.2. The van der Waals surface area contributed by atoms with Crippen LogP contribution in [0.25, 0.3) is 88.5 Å². The van der Waals surface area contributed by atoms with E-state index in [1.54, 1.807) is 0 Å². The molecule has 0 unspecified atom stereocenters. The zero-order chi connectivity index (χ0) is 51.4. The van der Waals surface area contributed by atoms with Crippen LogP contribution in [0.15, 0.2) is 0 Å². The number of hydrogen-bond donors (Lipinski definition) is 6. The minimum absolute atomic E-state index is 0.910. The summed E-state index contributed by atoms with van der Waals surface area (Å²) in [4.78, 5) is 36.9. The molecule has 72 heavy (non-hydrogen) atoms. The number of fused-ring (bicyclic) bond motifs is 24. The van der Waals surface area contributed by atoms with Gasteiger partial charge in [-0.1, -0.05) is 111 Å². The van der Waals surface area contributed by atoms with Gasteiger partial charge in [0.15, 0.2) is 0 Å². The molecule has 2 aliphatic rings. The second kappa shape index (κ2) is 20.6. The van der Waals surface area contributed by atoms with Crippen LogP contribution in [-0.4, -0.2) is 39.9 Å². The van der Waals surface area contributed by atoms with E-state index in [1.807, 2.05) is 0 Å². The van der Waals surface area contributed by atoms with E-state index >= 15 is 0 Å². The first-order valence-corrected chi connectivity index (χ1v) is 28.9. The van der Waals surface area contributed by atoms with Gasteiger partial charge in [0.1, 0.15) is 0 Å². The molecule has 9 heterocycles. The highest BCUT2D eigenvalue weighted by atomic mass is 14.9. The largest absolute Gasteiger partial charge is 0.352 e. The number of nitrogens with one attached hydrogen (secondary N) is 6. The van der Waals surface area contributed by atoms with Gasteiger partial charge in [-0.25, -0.2) is 9.97 Å². The van der Waals surface area contributed by atoms with Crippen LogP contribution in [0.3, 0.4) is 0 Å². The van der Waals surface area contributed by atoms with Crippen LogP contribution in [0.2, 0.25) is 0 Å². The summed E-state index contributed by atoms with van der Waals surface area (Å²) in [5.41, 5.74) is 41.2. The number of H-pyrrole nitrogens is 6. The molecule has 0 amide bonds. The van der Waals surface area contributed by atoms with E-state index in [-0.39, 0.29) is 0 Å². The quantitative estimate of drug-likeness (QED) is 0.0578. The Bertz CT molecular complexity index is 3360. The molecule has 8 nitrogen and oxygen atoms in total. The molecule has 2 aliphatic heterocycles. The van der Waals surface area contributed by atoms with E-state index in [9.17, 15) is 0 Å². The van der Waals surface area contributed by atoms with Gasteiger partial charge in [-0.05, 0) is 192 Å². The van der Waals surface area contributed by atoms with Gasteiger partial charge in [0.05, 0.1) is 89.0 Å². The first-order chi connectivity index (χ1) is 35.0. The van der Waals surface area contributed by atoms with Crippen LogP contribution in [0.1, 0.15) is 226 Å². The Hall–Kier alpha value is -5.76. The van der Waals surface area contributed by atoms with Crippen LogP contribution in [0, 0.1) is 0 Å². The lowest BCUT2D eigenvalue weighted by Gasteiger charge is -2.06. The molecular formula is C64H86N8.